The summed E-state index contributed by atoms with van der Waals surface area (Å²) in [7, 11) is 3.21. The van der Waals surface area contributed by atoms with E-state index < -0.39 is 0 Å². The molecule has 0 aromatic heterocycles. The van der Waals surface area contributed by atoms with Crippen LogP contribution in [0.1, 0.15) is 30.7 Å². The van der Waals surface area contributed by atoms with Crippen molar-refractivity contribution in [1.82, 2.24) is 0 Å². The Hall–Kier alpha value is -2.03. The summed E-state index contributed by atoms with van der Waals surface area (Å²) in [6, 6.07) is 8.19. The van der Waals surface area contributed by atoms with Crippen molar-refractivity contribution in [3.05, 3.63) is 54.1 Å². The van der Waals surface area contributed by atoms with Gasteiger partial charge in [-0.2, -0.15) is 0 Å². The molecule has 0 spiro atoms. The molecule has 0 bridgehead atoms. The number of esters is 1. The van der Waals surface area contributed by atoms with Crippen LogP contribution in [0.25, 0.3) is 0 Å². The van der Waals surface area contributed by atoms with Gasteiger partial charge in [-0.25, -0.2) is 0 Å². The second kappa shape index (κ2) is 4.98. The van der Waals surface area contributed by atoms with Gasteiger partial charge >= 0.3 is 5.97 Å². The first kappa shape index (κ1) is 14.6. The number of hydrogen-bond donors (Lipinski definition) is 0. The molecule has 1 saturated carbocycles. The van der Waals surface area contributed by atoms with Crippen LogP contribution >= 0.6 is 0 Å². The largest absolute Gasteiger partial charge is 0.496 e. The van der Waals surface area contributed by atoms with Crippen LogP contribution < -0.4 is 4.74 Å². The molecule has 4 atom stereocenters. The summed E-state index contributed by atoms with van der Waals surface area (Å²) >= 11 is 0. The Morgan fingerprint density at radius 1 is 1.17 bits per heavy atom. The van der Waals surface area contributed by atoms with Gasteiger partial charge in [-0.3, -0.25) is 4.79 Å². The van der Waals surface area contributed by atoms with Gasteiger partial charge in [0.05, 0.1) is 20.1 Å². The van der Waals surface area contributed by atoms with E-state index in [-0.39, 0.29) is 22.7 Å². The number of carbonyl (C=O) groups is 1. The summed E-state index contributed by atoms with van der Waals surface area (Å²) in [5.41, 5.74) is 1.21. The van der Waals surface area contributed by atoms with Crippen molar-refractivity contribution in [3.63, 3.8) is 0 Å². The van der Waals surface area contributed by atoms with E-state index in [0.29, 0.717) is 5.92 Å². The molecule has 3 aliphatic carbocycles. The molecule has 3 aliphatic rings. The van der Waals surface area contributed by atoms with Crippen LogP contribution in [0.5, 0.6) is 5.75 Å². The Bertz CT molecular complexity index is 705. The van der Waals surface area contributed by atoms with Crippen LogP contribution in [-0.2, 0) is 9.53 Å². The maximum absolute atomic E-state index is 12.4. The lowest BCUT2D eigenvalue weighted by atomic mass is 9.72. The molecule has 0 amide bonds. The fraction of sp³-hybridized carbons (Fsp3) is 0.450. The minimum atomic E-state index is -0.0565. The van der Waals surface area contributed by atoms with E-state index in [9.17, 15) is 4.79 Å². The number of rotatable bonds is 3. The van der Waals surface area contributed by atoms with Gasteiger partial charge in [0, 0.05) is 16.9 Å². The molecule has 0 radical (unpaired) electrons. The van der Waals surface area contributed by atoms with Crippen molar-refractivity contribution in [2.75, 3.05) is 14.2 Å². The molecule has 0 aliphatic heterocycles. The second-order valence-electron chi connectivity index (χ2n) is 6.94. The predicted molar refractivity (Wildman–Crippen MR) is 88.2 cm³/mol. The molecule has 23 heavy (non-hydrogen) atoms. The Balaban J connectivity index is 1.72. The first-order chi connectivity index (χ1) is 11.2. The van der Waals surface area contributed by atoms with Crippen molar-refractivity contribution in [2.24, 2.45) is 16.7 Å². The zero-order valence-electron chi connectivity index (χ0n) is 13.6. The van der Waals surface area contributed by atoms with E-state index in [2.05, 4.69) is 36.4 Å². The van der Waals surface area contributed by atoms with Gasteiger partial charge < -0.3 is 9.47 Å². The summed E-state index contributed by atoms with van der Waals surface area (Å²) in [4.78, 5) is 12.4. The first-order valence-corrected chi connectivity index (χ1v) is 8.24. The monoisotopic (exact) mass is 310 g/mol. The summed E-state index contributed by atoms with van der Waals surface area (Å²) in [6.45, 7) is 0. The minimum Gasteiger partial charge on any atom is -0.496 e. The van der Waals surface area contributed by atoms with E-state index in [0.717, 1.165) is 25.0 Å². The van der Waals surface area contributed by atoms with Gasteiger partial charge in [0.15, 0.2) is 0 Å². The van der Waals surface area contributed by atoms with Gasteiger partial charge in [-0.15, -0.1) is 0 Å². The second-order valence-corrected chi connectivity index (χ2v) is 6.94. The number of allylic oxidation sites excluding steroid dienone is 4. The highest BCUT2D eigenvalue weighted by Crippen LogP contribution is 2.80. The molecule has 1 aromatic rings. The Labute approximate surface area is 137 Å². The lowest BCUT2D eigenvalue weighted by Crippen LogP contribution is -2.21. The SMILES string of the molecule is COC(=O)[C@H]1C23C=C[C@@H](c4ccccc4OC)CC12CC=CC3. The normalized spacial score (nSPS) is 36.8. The Morgan fingerprint density at radius 2 is 1.96 bits per heavy atom. The Morgan fingerprint density at radius 3 is 2.74 bits per heavy atom. The van der Waals surface area contributed by atoms with E-state index in [4.69, 9.17) is 9.47 Å². The lowest BCUT2D eigenvalue weighted by molar-refractivity contribution is -0.143. The topological polar surface area (TPSA) is 35.5 Å². The third kappa shape index (κ3) is 1.79. The van der Waals surface area contributed by atoms with Gasteiger partial charge in [0.2, 0.25) is 0 Å². The van der Waals surface area contributed by atoms with Crippen molar-refractivity contribution in [3.8, 4) is 5.75 Å². The zero-order chi connectivity index (χ0) is 16.1. The van der Waals surface area contributed by atoms with Crippen LogP contribution in [0.3, 0.4) is 0 Å². The molecule has 0 heterocycles. The van der Waals surface area contributed by atoms with Crippen molar-refractivity contribution in [2.45, 2.75) is 25.2 Å². The molecule has 120 valence electrons. The molecule has 3 heteroatoms. The molecule has 0 saturated heterocycles. The molecule has 1 fully saturated rings. The highest BCUT2D eigenvalue weighted by Gasteiger charge is 2.78. The van der Waals surface area contributed by atoms with Crippen LogP contribution in [0.4, 0.5) is 0 Å². The molecule has 4 rings (SSSR count). The highest BCUT2D eigenvalue weighted by atomic mass is 16.5. The van der Waals surface area contributed by atoms with Crippen molar-refractivity contribution >= 4 is 5.97 Å². The van der Waals surface area contributed by atoms with Gasteiger partial charge in [-0.05, 0) is 30.7 Å². The minimum absolute atomic E-state index is 0.00837. The smallest absolute Gasteiger partial charge is 0.310 e. The fourth-order valence-corrected chi connectivity index (χ4v) is 5.10. The standard InChI is InChI=1S/C20H22O3/c1-22-16-8-4-3-7-15(16)14-9-12-19-10-5-6-11-20(19,13-14)17(19)18(21)23-2/h3-9,12,14,17H,10-11,13H2,1-2H3/t14-,17+,19?,20?/m1/s1. The number of ether oxygens (including phenoxy) is 2. The van der Waals surface area contributed by atoms with Crippen molar-refractivity contribution < 1.29 is 14.3 Å². The summed E-state index contributed by atoms with van der Waals surface area (Å²) < 4.78 is 10.6. The Kier molecular flexibility index (Phi) is 3.15. The highest BCUT2D eigenvalue weighted by molar-refractivity contribution is 5.81. The van der Waals surface area contributed by atoms with E-state index in [1.165, 1.54) is 12.7 Å². The van der Waals surface area contributed by atoms with Crippen molar-refractivity contribution in [1.29, 1.82) is 0 Å². The molecule has 3 nitrogen and oxygen atoms in total. The maximum Gasteiger partial charge on any atom is 0.310 e. The van der Waals surface area contributed by atoms with Crippen LogP contribution in [0.15, 0.2) is 48.6 Å². The van der Waals surface area contributed by atoms with Gasteiger partial charge in [-0.1, -0.05) is 42.5 Å². The fourth-order valence-electron chi connectivity index (χ4n) is 5.10. The zero-order valence-corrected chi connectivity index (χ0v) is 13.6. The van der Waals surface area contributed by atoms with E-state index in [1.54, 1.807) is 7.11 Å². The average Bonchev–Trinajstić information content (AvgIpc) is 3.24. The van der Waals surface area contributed by atoms with Crippen LogP contribution in [0.2, 0.25) is 0 Å². The summed E-state index contributed by atoms with van der Waals surface area (Å²) in [6.07, 6.45) is 11.9. The number of carbonyl (C=O) groups excluding carboxylic acids is 1. The summed E-state index contributed by atoms with van der Waals surface area (Å²) in [5, 5.41) is 0. The van der Waals surface area contributed by atoms with Gasteiger partial charge in [0.25, 0.3) is 0 Å². The average molecular weight is 310 g/mol. The number of benzene rings is 1. The number of methoxy groups -OCH3 is 2. The van der Waals surface area contributed by atoms with Crippen LogP contribution in [-0.4, -0.2) is 20.2 Å². The lowest BCUT2D eigenvalue weighted by Gasteiger charge is -2.32. The number of hydrogen-bond acceptors (Lipinski definition) is 3. The predicted octanol–water partition coefficient (Wildman–Crippen LogP) is 3.86. The van der Waals surface area contributed by atoms with Gasteiger partial charge in [0.1, 0.15) is 5.75 Å². The quantitative estimate of drug-likeness (QED) is 0.628. The molecule has 1 aromatic carbocycles. The third-order valence-electron chi connectivity index (χ3n) is 6.20. The maximum atomic E-state index is 12.4. The molecule has 2 unspecified atom stereocenters. The molecule has 0 N–H and O–H groups in total. The molecular formula is C20H22O3. The van der Waals surface area contributed by atoms with Crippen LogP contribution in [0, 0.1) is 16.7 Å². The number of para-hydroxylation sites is 1. The molecular weight excluding hydrogens is 288 g/mol. The van der Waals surface area contributed by atoms with E-state index in [1.807, 2.05) is 12.1 Å². The van der Waals surface area contributed by atoms with E-state index >= 15 is 0 Å². The summed E-state index contributed by atoms with van der Waals surface area (Å²) in [5.74, 6) is 1.15. The first-order valence-electron chi connectivity index (χ1n) is 8.24. The third-order valence-corrected chi connectivity index (χ3v) is 6.20.